The van der Waals surface area contributed by atoms with Crippen molar-refractivity contribution in [3.63, 3.8) is 0 Å². The molecule has 0 fully saturated rings. The van der Waals surface area contributed by atoms with Gasteiger partial charge < -0.3 is 10.4 Å². The van der Waals surface area contributed by atoms with E-state index in [-0.39, 0.29) is 18.4 Å². The van der Waals surface area contributed by atoms with Gasteiger partial charge in [0.1, 0.15) is 0 Å². The molecule has 2 aromatic carbocycles. The fourth-order valence-electron chi connectivity index (χ4n) is 2.03. The monoisotopic (exact) mass is 257 g/mol. The third-order valence-electron chi connectivity index (χ3n) is 3.24. The first-order valence-electron chi connectivity index (χ1n) is 6.52. The molecule has 0 aromatic heterocycles. The van der Waals surface area contributed by atoms with Crippen LogP contribution < -0.4 is 5.32 Å². The summed E-state index contributed by atoms with van der Waals surface area (Å²) in [5, 5.41) is 14.2. The normalized spacial score (nSPS) is 14.1. The first-order valence-corrected chi connectivity index (χ1v) is 6.52. The van der Waals surface area contributed by atoms with E-state index in [0.717, 1.165) is 10.9 Å². The highest BCUT2D eigenvalue weighted by atomic mass is 16.3. The van der Waals surface area contributed by atoms with Gasteiger partial charge in [0.2, 0.25) is 5.91 Å². The summed E-state index contributed by atoms with van der Waals surface area (Å²) >= 11 is 0. The Hall–Kier alpha value is -1.87. The molecule has 3 nitrogen and oxygen atoms in total. The zero-order chi connectivity index (χ0) is 13.8. The van der Waals surface area contributed by atoms with Crippen LogP contribution in [-0.2, 0) is 4.79 Å². The van der Waals surface area contributed by atoms with Crippen molar-refractivity contribution < 1.29 is 9.90 Å². The number of fused-ring (bicyclic) bond motifs is 1. The van der Waals surface area contributed by atoms with Crippen LogP contribution in [0, 0.1) is 0 Å². The van der Waals surface area contributed by atoms with Gasteiger partial charge in [0.05, 0.1) is 12.0 Å². The number of hydrogen-bond acceptors (Lipinski definition) is 2. The number of aliphatic hydroxyl groups is 1. The molecule has 0 radical (unpaired) electrons. The van der Waals surface area contributed by atoms with Crippen LogP contribution >= 0.6 is 0 Å². The first-order chi connectivity index (χ1) is 9.08. The van der Waals surface area contributed by atoms with Gasteiger partial charge in [-0.05, 0) is 30.2 Å². The van der Waals surface area contributed by atoms with Crippen LogP contribution in [0.15, 0.2) is 42.5 Å². The van der Waals surface area contributed by atoms with Crippen molar-refractivity contribution in [1.82, 2.24) is 5.32 Å². The standard InChI is InChI=1S/C16H19NO2/c1-11(18)10-17-16(19)12(2)14-8-7-13-5-3-4-6-15(13)9-14/h3-9,11-12,18H,10H2,1-2H3,(H,17,19). The average molecular weight is 257 g/mol. The highest BCUT2D eigenvalue weighted by molar-refractivity contribution is 5.87. The van der Waals surface area contributed by atoms with E-state index in [1.165, 1.54) is 5.39 Å². The van der Waals surface area contributed by atoms with Crippen LogP contribution in [0.2, 0.25) is 0 Å². The smallest absolute Gasteiger partial charge is 0.227 e. The van der Waals surface area contributed by atoms with E-state index >= 15 is 0 Å². The number of carbonyl (C=O) groups is 1. The maximum absolute atomic E-state index is 12.0. The molecule has 0 bridgehead atoms. The lowest BCUT2D eigenvalue weighted by molar-refractivity contribution is -0.122. The highest BCUT2D eigenvalue weighted by Crippen LogP contribution is 2.21. The Balaban J connectivity index is 2.16. The van der Waals surface area contributed by atoms with Crippen molar-refractivity contribution in [3.8, 4) is 0 Å². The van der Waals surface area contributed by atoms with E-state index in [2.05, 4.69) is 11.4 Å². The van der Waals surface area contributed by atoms with Crippen LogP contribution in [0.5, 0.6) is 0 Å². The molecule has 2 atom stereocenters. The number of benzene rings is 2. The van der Waals surface area contributed by atoms with E-state index in [9.17, 15) is 9.90 Å². The predicted molar refractivity (Wildman–Crippen MR) is 77.1 cm³/mol. The second-order valence-corrected chi connectivity index (χ2v) is 4.92. The molecule has 0 saturated carbocycles. The Morgan fingerprint density at radius 3 is 2.53 bits per heavy atom. The van der Waals surface area contributed by atoms with E-state index in [1.807, 2.05) is 43.3 Å². The first kappa shape index (κ1) is 13.6. The minimum atomic E-state index is -0.521. The zero-order valence-corrected chi connectivity index (χ0v) is 11.3. The highest BCUT2D eigenvalue weighted by Gasteiger charge is 2.15. The molecular weight excluding hydrogens is 238 g/mol. The maximum Gasteiger partial charge on any atom is 0.227 e. The minimum absolute atomic E-state index is 0.0591. The summed E-state index contributed by atoms with van der Waals surface area (Å²) in [6.07, 6.45) is -0.521. The molecule has 0 aliphatic heterocycles. The Bertz CT molecular complexity index is 578. The van der Waals surface area contributed by atoms with E-state index in [1.54, 1.807) is 6.92 Å². The van der Waals surface area contributed by atoms with Crippen LogP contribution in [0.1, 0.15) is 25.3 Å². The average Bonchev–Trinajstić information content (AvgIpc) is 2.43. The van der Waals surface area contributed by atoms with Gasteiger partial charge in [0.25, 0.3) is 0 Å². The molecule has 3 heteroatoms. The van der Waals surface area contributed by atoms with Crippen molar-refractivity contribution in [2.75, 3.05) is 6.54 Å². The Morgan fingerprint density at radius 2 is 1.84 bits per heavy atom. The number of carbonyl (C=O) groups excluding carboxylic acids is 1. The molecule has 0 aliphatic rings. The molecular formula is C16H19NO2. The second-order valence-electron chi connectivity index (χ2n) is 4.92. The van der Waals surface area contributed by atoms with Crippen LogP contribution in [0.25, 0.3) is 10.8 Å². The van der Waals surface area contributed by atoms with Gasteiger partial charge in [-0.25, -0.2) is 0 Å². The van der Waals surface area contributed by atoms with E-state index < -0.39 is 6.10 Å². The summed E-state index contributed by atoms with van der Waals surface area (Å²) in [4.78, 5) is 12.0. The van der Waals surface area contributed by atoms with Gasteiger partial charge in [-0.2, -0.15) is 0 Å². The van der Waals surface area contributed by atoms with Gasteiger partial charge in [0, 0.05) is 6.54 Å². The van der Waals surface area contributed by atoms with Gasteiger partial charge in [-0.3, -0.25) is 4.79 Å². The molecule has 1 amide bonds. The number of amides is 1. The fraction of sp³-hybridized carbons (Fsp3) is 0.312. The minimum Gasteiger partial charge on any atom is -0.392 e. The summed E-state index contributed by atoms with van der Waals surface area (Å²) < 4.78 is 0. The molecule has 0 aliphatic carbocycles. The third-order valence-corrected chi connectivity index (χ3v) is 3.24. The molecule has 100 valence electrons. The Labute approximate surface area is 113 Å². The summed E-state index contributed by atoms with van der Waals surface area (Å²) in [6.45, 7) is 3.82. The molecule has 0 heterocycles. The Morgan fingerprint density at radius 1 is 1.16 bits per heavy atom. The Kier molecular flexibility index (Phi) is 4.17. The number of hydrogen-bond donors (Lipinski definition) is 2. The third kappa shape index (κ3) is 3.32. The number of nitrogens with one attached hydrogen (secondary N) is 1. The van der Waals surface area contributed by atoms with Gasteiger partial charge in [-0.1, -0.05) is 42.5 Å². The van der Waals surface area contributed by atoms with Crippen LogP contribution in [-0.4, -0.2) is 23.7 Å². The quantitative estimate of drug-likeness (QED) is 0.884. The topological polar surface area (TPSA) is 49.3 Å². The molecule has 2 rings (SSSR count). The lowest BCUT2D eigenvalue weighted by atomic mass is 9.97. The zero-order valence-electron chi connectivity index (χ0n) is 11.3. The molecule has 2 unspecified atom stereocenters. The summed E-state index contributed by atoms with van der Waals surface area (Å²) in [6, 6.07) is 14.1. The van der Waals surface area contributed by atoms with Crippen molar-refractivity contribution in [2.45, 2.75) is 25.9 Å². The van der Waals surface area contributed by atoms with E-state index in [0.29, 0.717) is 0 Å². The molecule has 2 aromatic rings. The van der Waals surface area contributed by atoms with Crippen LogP contribution in [0.3, 0.4) is 0 Å². The summed E-state index contributed by atoms with van der Waals surface area (Å²) in [5.41, 5.74) is 0.988. The van der Waals surface area contributed by atoms with Crippen molar-refractivity contribution in [1.29, 1.82) is 0 Å². The fourth-order valence-corrected chi connectivity index (χ4v) is 2.03. The lowest BCUT2D eigenvalue weighted by Gasteiger charge is -2.14. The maximum atomic E-state index is 12.0. The van der Waals surface area contributed by atoms with Crippen molar-refractivity contribution >= 4 is 16.7 Å². The SMILES string of the molecule is CC(O)CNC(=O)C(C)c1ccc2ccccc2c1. The van der Waals surface area contributed by atoms with Crippen molar-refractivity contribution in [2.24, 2.45) is 0 Å². The lowest BCUT2D eigenvalue weighted by Crippen LogP contribution is -2.33. The van der Waals surface area contributed by atoms with E-state index in [4.69, 9.17) is 0 Å². The number of aliphatic hydroxyl groups excluding tert-OH is 1. The van der Waals surface area contributed by atoms with Crippen molar-refractivity contribution in [3.05, 3.63) is 48.0 Å². The summed E-state index contributed by atoms with van der Waals surface area (Å²) in [7, 11) is 0. The largest absolute Gasteiger partial charge is 0.392 e. The van der Waals surface area contributed by atoms with Gasteiger partial charge >= 0.3 is 0 Å². The number of rotatable bonds is 4. The molecule has 0 saturated heterocycles. The summed E-state index contributed by atoms with van der Waals surface area (Å²) in [5.74, 6) is -0.278. The molecule has 0 spiro atoms. The second kappa shape index (κ2) is 5.85. The molecule has 2 N–H and O–H groups in total. The van der Waals surface area contributed by atoms with Gasteiger partial charge in [-0.15, -0.1) is 0 Å². The molecule has 19 heavy (non-hydrogen) atoms. The van der Waals surface area contributed by atoms with Crippen LogP contribution in [0.4, 0.5) is 0 Å². The van der Waals surface area contributed by atoms with Gasteiger partial charge in [0.15, 0.2) is 0 Å². The predicted octanol–water partition coefficient (Wildman–Crippen LogP) is 2.44.